The zero-order valence-electron chi connectivity index (χ0n) is 13.1. The van der Waals surface area contributed by atoms with E-state index < -0.39 is 6.04 Å². The normalized spacial score (nSPS) is 18.0. The van der Waals surface area contributed by atoms with Gasteiger partial charge in [-0.05, 0) is 32.5 Å². The van der Waals surface area contributed by atoms with E-state index in [1.54, 1.807) is 6.92 Å². The molecule has 6 nitrogen and oxygen atoms in total. The van der Waals surface area contributed by atoms with Gasteiger partial charge in [0.1, 0.15) is 11.8 Å². The van der Waals surface area contributed by atoms with Gasteiger partial charge in [0.2, 0.25) is 0 Å². The summed E-state index contributed by atoms with van der Waals surface area (Å²) < 4.78 is 5.63. The number of hydrogen-bond donors (Lipinski definition) is 1. The van der Waals surface area contributed by atoms with Crippen LogP contribution in [0.25, 0.3) is 0 Å². The summed E-state index contributed by atoms with van der Waals surface area (Å²) in [7, 11) is 1.98. The van der Waals surface area contributed by atoms with Crippen LogP contribution in [0.3, 0.4) is 0 Å². The van der Waals surface area contributed by atoms with Crippen molar-refractivity contribution in [2.24, 2.45) is 0 Å². The van der Waals surface area contributed by atoms with E-state index in [1.807, 2.05) is 37.4 Å². The molecule has 0 radical (unpaired) electrons. The molecule has 0 aliphatic carbocycles. The largest absolute Gasteiger partial charge is 0.494 e. The van der Waals surface area contributed by atoms with E-state index >= 15 is 0 Å². The lowest BCUT2D eigenvalue weighted by atomic mass is 10.3. The molecule has 0 aromatic heterocycles. The Labute approximate surface area is 131 Å². The number of rotatable bonds is 8. The fourth-order valence-electron chi connectivity index (χ4n) is 2.29. The van der Waals surface area contributed by atoms with Gasteiger partial charge in [0, 0.05) is 19.6 Å². The number of likely N-dealkylation sites (N-methyl/N-ethyl adjacent to an activating group) is 1. The monoisotopic (exact) mass is 305 g/mol. The first-order chi connectivity index (χ1) is 10.6. The van der Waals surface area contributed by atoms with Crippen LogP contribution in [0.15, 0.2) is 30.3 Å². The summed E-state index contributed by atoms with van der Waals surface area (Å²) in [6.07, 6.45) is 0.891. The van der Waals surface area contributed by atoms with E-state index in [4.69, 9.17) is 4.74 Å². The van der Waals surface area contributed by atoms with Gasteiger partial charge in [0.05, 0.1) is 6.61 Å². The third-order valence-corrected chi connectivity index (χ3v) is 3.62. The van der Waals surface area contributed by atoms with E-state index in [-0.39, 0.29) is 11.9 Å². The van der Waals surface area contributed by atoms with Crippen LogP contribution >= 0.6 is 0 Å². The second-order valence-electron chi connectivity index (χ2n) is 5.48. The smallest absolute Gasteiger partial charge is 0.324 e. The quantitative estimate of drug-likeness (QED) is 0.581. The number of benzene rings is 1. The van der Waals surface area contributed by atoms with Crippen LogP contribution < -0.4 is 10.1 Å². The topological polar surface area (TPSA) is 61.9 Å². The second-order valence-corrected chi connectivity index (χ2v) is 5.48. The summed E-state index contributed by atoms with van der Waals surface area (Å²) in [4.78, 5) is 26.7. The first-order valence-corrected chi connectivity index (χ1v) is 7.56. The number of amides is 3. The van der Waals surface area contributed by atoms with Gasteiger partial charge >= 0.3 is 6.03 Å². The number of carbonyl (C=O) groups excluding carboxylic acids is 2. The van der Waals surface area contributed by atoms with Crippen molar-refractivity contribution in [1.29, 1.82) is 0 Å². The Kier molecular flexibility index (Phi) is 5.77. The van der Waals surface area contributed by atoms with Crippen molar-refractivity contribution in [3.63, 3.8) is 0 Å². The SMILES string of the molecule is CC1NC(=O)N(CCN(C)CCCOc2ccccc2)C1=O. The lowest BCUT2D eigenvalue weighted by Gasteiger charge is -2.20. The van der Waals surface area contributed by atoms with Gasteiger partial charge in [-0.2, -0.15) is 0 Å². The van der Waals surface area contributed by atoms with Crippen molar-refractivity contribution >= 4 is 11.9 Å². The Morgan fingerprint density at radius 2 is 1.95 bits per heavy atom. The Morgan fingerprint density at radius 1 is 1.23 bits per heavy atom. The molecule has 0 saturated carbocycles. The van der Waals surface area contributed by atoms with Gasteiger partial charge in [-0.3, -0.25) is 9.69 Å². The third-order valence-electron chi connectivity index (χ3n) is 3.62. The second kappa shape index (κ2) is 7.79. The maximum absolute atomic E-state index is 11.7. The molecule has 22 heavy (non-hydrogen) atoms. The molecular formula is C16H23N3O3. The number of hydrogen-bond acceptors (Lipinski definition) is 4. The molecule has 1 aromatic carbocycles. The van der Waals surface area contributed by atoms with E-state index in [1.165, 1.54) is 4.90 Å². The van der Waals surface area contributed by atoms with Crippen molar-refractivity contribution in [3.05, 3.63) is 30.3 Å². The zero-order chi connectivity index (χ0) is 15.9. The molecule has 1 aliphatic heterocycles. The van der Waals surface area contributed by atoms with Gasteiger partial charge in [-0.15, -0.1) is 0 Å². The molecule has 1 heterocycles. The zero-order valence-corrected chi connectivity index (χ0v) is 13.1. The summed E-state index contributed by atoms with van der Waals surface area (Å²) in [5.41, 5.74) is 0. The van der Waals surface area contributed by atoms with Crippen LogP contribution in [0.2, 0.25) is 0 Å². The minimum atomic E-state index is -0.405. The van der Waals surface area contributed by atoms with Gasteiger partial charge in [-0.25, -0.2) is 4.79 Å². The number of para-hydroxylation sites is 1. The number of imide groups is 1. The third kappa shape index (κ3) is 4.46. The van der Waals surface area contributed by atoms with Crippen LogP contribution in [0.1, 0.15) is 13.3 Å². The average Bonchev–Trinajstić information content (AvgIpc) is 2.76. The number of nitrogens with zero attached hydrogens (tertiary/aromatic N) is 2. The summed E-state index contributed by atoms with van der Waals surface area (Å²) in [5.74, 6) is 0.726. The molecular weight excluding hydrogens is 282 g/mol. The molecule has 3 amide bonds. The molecule has 2 rings (SSSR count). The maximum Gasteiger partial charge on any atom is 0.324 e. The highest BCUT2D eigenvalue weighted by Gasteiger charge is 2.34. The minimum Gasteiger partial charge on any atom is -0.494 e. The number of ether oxygens (including phenoxy) is 1. The first kappa shape index (κ1) is 16.3. The number of urea groups is 1. The van der Waals surface area contributed by atoms with E-state index in [0.717, 1.165) is 18.7 Å². The molecule has 1 aromatic rings. The summed E-state index contributed by atoms with van der Waals surface area (Å²) in [5, 5.41) is 2.61. The Hall–Kier alpha value is -2.08. The molecule has 1 aliphatic rings. The van der Waals surface area contributed by atoms with Crippen LogP contribution in [0.4, 0.5) is 4.79 Å². The molecule has 1 saturated heterocycles. The van der Waals surface area contributed by atoms with E-state index in [9.17, 15) is 9.59 Å². The van der Waals surface area contributed by atoms with E-state index in [2.05, 4.69) is 10.2 Å². The van der Waals surface area contributed by atoms with Gasteiger partial charge < -0.3 is 15.0 Å². The van der Waals surface area contributed by atoms with Crippen LogP contribution in [-0.2, 0) is 4.79 Å². The van der Waals surface area contributed by atoms with Crippen molar-refractivity contribution in [1.82, 2.24) is 15.1 Å². The number of carbonyl (C=O) groups is 2. The molecule has 0 spiro atoms. The van der Waals surface area contributed by atoms with Crippen LogP contribution in [0.5, 0.6) is 5.75 Å². The minimum absolute atomic E-state index is 0.147. The predicted octanol–water partition coefficient (Wildman–Crippen LogP) is 1.33. The maximum atomic E-state index is 11.7. The lowest BCUT2D eigenvalue weighted by Crippen LogP contribution is -2.38. The lowest BCUT2D eigenvalue weighted by molar-refractivity contribution is -0.127. The molecule has 1 fully saturated rings. The van der Waals surface area contributed by atoms with Gasteiger partial charge in [0.25, 0.3) is 5.91 Å². The molecule has 6 heteroatoms. The molecule has 1 unspecified atom stereocenters. The number of nitrogens with one attached hydrogen (secondary N) is 1. The summed E-state index contributed by atoms with van der Waals surface area (Å²) in [6, 6.07) is 9.01. The fraction of sp³-hybridized carbons (Fsp3) is 0.500. The Balaban J connectivity index is 1.61. The van der Waals surface area contributed by atoms with Crippen molar-refractivity contribution in [2.75, 3.05) is 33.3 Å². The Morgan fingerprint density at radius 3 is 2.59 bits per heavy atom. The Bertz CT molecular complexity index is 507. The van der Waals surface area contributed by atoms with E-state index in [0.29, 0.717) is 19.7 Å². The summed E-state index contributed by atoms with van der Waals surface area (Å²) in [6.45, 7) is 4.29. The molecule has 120 valence electrons. The highest BCUT2D eigenvalue weighted by Crippen LogP contribution is 2.08. The summed E-state index contributed by atoms with van der Waals surface area (Å²) >= 11 is 0. The molecule has 1 atom stereocenters. The van der Waals surface area contributed by atoms with Gasteiger partial charge in [0.15, 0.2) is 0 Å². The van der Waals surface area contributed by atoms with Crippen molar-refractivity contribution in [2.45, 2.75) is 19.4 Å². The van der Waals surface area contributed by atoms with Crippen LogP contribution in [-0.4, -0.2) is 61.1 Å². The highest BCUT2D eigenvalue weighted by molar-refractivity contribution is 6.03. The first-order valence-electron chi connectivity index (χ1n) is 7.56. The van der Waals surface area contributed by atoms with Crippen molar-refractivity contribution < 1.29 is 14.3 Å². The fourth-order valence-corrected chi connectivity index (χ4v) is 2.29. The standard InChI is InChI=1S/C16H23N3O3/c1-13-15(20)19(16(21)17-13)11-10-18(2)9-6-12-22-14-7-4-3-5-8-14/h3-5,7-8,13H,6,9-12H2,1-2H3,(H,17,21). The van der Waals surface area contributed by atoms with Gasteiger partial charge in [-0.1, -0.05) is 18.2 Å². The van der Waals surface area contributed by atoms with Crippen LogP contribution in [0, 0.1) is 0 Å². The van der Waals surface area contributed by atoms with Crippen molar-refractivity contribution in [3.8, 4) is 5.75 Å². The highest BCUT2D eigenvalue weighted by atomic mass is 16.5. The molecule has 1 N–H and O–H groups in total. The average molecular weight is 305 g/mol. The molecule has 0 bridgehead atoms. The predicted molar refractivity (Wildman–Crippen MR) is 83.8 cm³/mol.